The molecule has 0 radical (unpaired) electrons. The molecule has 5 aliphatic rings. The monoisotopic (exact) mass is 465 g/mol. The van der Waals surface area contributed by atoms with E-state index in [0.29, 0.717) is 22.6 Å². The van der Waals surface area contributed by atoms with Crippen molar-refractivity contribution >= 4 is 28.1 Å². The standard InChI is InChI=1S/C25H31N5O2S/c31-15-25(7-1-8-25)28-22-23(26-21-6-9-33(32)24(21)27-22)30-13-18-11-29(12-19(18)14-30)20-5-4-16-2-3-17(16)10-20/h4-5,10,18-19,31H,1-3,6-9,11-15H2,(H,27,28)/t18?,19?,33-/m0/s1. The maximum Gasteiger partial charge on any atom is 0.172 e. The summed E-state index contributed by atoms with van der Waals surface area (Å²) < 4.78 is 12.5. The first kappa shape index (κ1) is 20.2. The molecule has 2 aromatic rings. The lowest BCUT2D eigenvalue weighted by molar-refractivity contribution is 0.143. The molecule has 174 valence electrons. The Balaban J connectivity index is 1.14. The zero-order valence-electron chi connectivity index (χ0n) is 18.9. The third-order valence-corrected chi connectivity index (χ3v) is 9.99. The van der Waals surface area contributed by atoms with Gasteiger partial charge in [-0.3, -0.25) is 4.21 Å². The van der Waals surface area contributed by atoms with Crippen molar-refractivity contribution in [1.29, 1.82) is 0 Å². The lowest BCUT2D eigenvalue weighted by atomic mass is 9.77. The number of hydrogen-bond donors (Lipinski definition) is 2. The van der Waals surface area contributed by atoms with Crippen molar-refractivity contribution in [2.24, 2.45) is 11.8 Å². The van der Waals surface area contributed by atoms with E-state index < -0.39 is 10.8 Å². The van der Waals surface area contributed by atoms with Gasteiger partial charge in [-0.15, -0.1) is 0 Å². The first-order valence-electron chi connectivity index (χ1n) is 12.4. The van der Waals surface area contributed by atoms with E-state index in [1.807, 2.05) is 0 Å². The minimum absolute atomic E-state index is 0.0925. The van der Waals surface area contributed by atoms with Gasteiger partial charge in [0.05, 0.1) is 28.6 Å². The minimum Gasteiger partial charge on any atom is -0.394 e. The maximum absolute atomic E-state index is 12.5. The molecular formula is C25H31N5O2S. The molecular weight excluding hydrogens is 434 g/mol. The molecule has 2 unspecified atom stereocenters. The zero-order chi connectivity index (χ0) is 22.2. The highest BCUT2D eigenvalue weighted by atomic mass is 32.2. The zero-order valence-corrected chi connectivity index (χ0v) is 19.7. The summed E-state index contributed by atoms with van der Waals surface area (Å²) in [5.41, 5.74) is 5.01. The summed E-state index contributed by atoms with van der Waals surface area (Å²) >= 11 is 0. The molecule has 0 amide bonds. The van der Waals surface area contributed by atoms with Gasteiger partial charge in [0, 0.05) is 55.9 Å². The van der Waals surface area contributed by atoms with Crippen LogP contribution in [0.3, 0.4) is 0 Å². The second-order valence-corrected chi connectivity index (χ2v) is 12.1. The molecule has 7 rings (SSSR count). The number of rotatable bonds is 5. The number of anilines is 3. The van der Waals surface area contributed by atoms with Crippen molar-refractivity contribution in [3.8, 4) is 0 Å². The van der Waals surface area contributed by atoms with Crippen LogP contribution in [0.2, 0.25) is 0 Å². The molecule has 2 saturated heterocycles. The highest BCUT2D eigenvalue weighted by molar-refractivity contribution is 7.85. The predicted octanol–water partition coefficient (Wildman–Crippen LogP) is 2.14. The highest BCUT2D eigenvalue weighted by Crippen LogP contribution is 2.42. The van der Waals surface area contributed by atoms with E-state index in [-0.39, 0.29) is 12.1 Å². The molecule has 3 atom stereocenters. The molecule has 0 bridgehead atoms. The van der Waals surface area contributed by atoms with Crippen molar-refractivity contribution in [3.05, 3.63) is 35.0 Å². The van der Waals surface area contributed by atoms with Crippen LogP contribution in [0.15, 0.2) is 23.2 Å². The Morgan fingerprint density at radius 2 is 1.79 bits per heavy atom. The van der Waals surface area contributed by atoms with E-state index in [2.05, 4.69) is 33.3 Å². The van der Waals surface area contributed by atoms with Gasteiger partial charge in [-0.05, 0) is 55.4 Å². The fourth-order valence-electron chi connectivity index (χ4n) is 6.31. The molecule has 7 nitrogen and oxygen atoms in total. The predicted molar refractivity (Wildman–Crippen MR) is 130 cm³/mol. The Labute approximate surface area is 197 Å². The van der Waals surface area contributed by atoms with E-state index >= 15 is 0 Å². The van der Waals surface area contributed by atoms with Gasteiger partial charge < -0.3 is 20.2 Å². The fourth-order valence-corrected chi connectivity index (χ4v) is 7.49. The van der Waals surface area contributed by atoms with Crippen molar-refractivity contribution in [2.75, 3.05) is 53.7 Å². The Morgan fingerprint density at radius 3 is 2.42 bits per heavy atom. The third kappa shape index (κ3) is 3.21. The van der Waals surface area contributed by atoms with Crippen LogP contribution in [0.5, 0.6) is 0 Å². The number of aliphatic hydroxyl groups excluding tert-OH is 1. The number of nitrogens with zero attached hydrogens (tertiary/aromatic N) is 4. The Hall–Kier alpha value is -2.19. The smallest absolute Gasteiger partial charge is 0.172 e. The quantitative estimate of drug-likeness (QED) is 0.700. The summed E-state index contributed by atoms with van der Waals surface area (Å²) in [6.45, 7) is 4.22. The molecule has 3 fully saturated rings. The highest BCUT2D eigenvalue weighted by Gasteiger charge is 2.43. The van der Waals surface area contributed by atoms with Crippen LogP contribution >= 0.6 is 0 Å². The van der Waals surface area contributed by atoms with Gasteiger partial charge in [-0.1, -0.05) is 6.07 Å². The van der Waals surface area contributed by atoms with Crippen molar-refractivity contribution in [3.63, 3.8) is 0 Å². The molecule has 0 spiro atoms. The minimum atomic E-state index is -1.06. The average Bonchev–Trinajstić information content (AvgIpc) is 3.44. The summed E-state index contributed by atoms with van der Waals surface area (Å²) in [6.07, 6.45) is 6.18. The number of aliphatic hydroxyl groups is 1. The number of nitrogens with one attached hydrogen (secondary N) is 1. The Kier molecular flexibility index (Phi) is 4.53. The summed E-state index contributed by atoms with van der Waals surface area (Å²) in [5, 5.41) is 14.2. The number of hydrogen-bond acceptors (Lipinski definition) is 7. The van der Waals surface area contributed by atoms with E-state index in [4.69, 9.17) is 9.97 Å². The third-order valence-electron chi connectivity index (χ3n) is 8.65. The molecule has 3 aliphatic heterocycles. The SMILES string of the molecule is O=[S@]1CCc2nc(N3CC4CN(c5ccc6c(c5)CC6)CC4C3)c(NC3(CO)CCC3)nc21. The van der Waals surface area contributed by atoms with Crippen LogP contribution in [0.25, 0.3) is 0 Å². The van der Waals surface area contributed by atoms with Gasteiger partial charge in [0.2, 0.25) is 0 Å². The summed E-state index contributed by atoms with van der Waals surface area (Å²) in [7, 11) is -1.06. The second-order valence-electron chi connectivity index (χ2n) is 10.6. The van der Waals surface area contributed by atoms with E-state index in [1.54, 1.807) is 0 Å². The molecule has 1 saturated carbocycles. The second kappa shape index (κ2) is 7.40. The summed E-state index contributed by atoms with van der Waals surface area (Å²) in [4.78, 5) is 14.8. The summed E-state index contributed by atoms with van der Waals surface area (Å²) in [5.74, 6) is 3.46. The van der Waals surface area contributed by atoms with Crippen LogP contribution in [0.1, 0.15) is 36.1 Å². The van der Waals surface area contributed by atoms with Crippen molar-refractivity contribution in [1.82, 2.24) is 9.97 Å². The Morgan fingerprint density at radius 1 is 1.03 bits per heavy atom. The van der Waals surface area contributed by atoms with Crippen molar-refractivity contribution in [2.45, 2.75) is 49.1 Å². The van der Waals surface area contributed by atoms with Crippen LogP contribution < -0.4 is 15.1 Å². The van der Waals surface area contributed by atoms with E-state index in [9.17, 15) is 9.32 Å². The normalized spacial score (nSPS) is 28.7. The van der Waals surface area contributed by atoms with Crippen LogP contribution in [0, 0.1) is 11.8 Å². The lowest BCUT2D eigenvalue weighted by Crippen LogP contribution is -2.49. The van der Waals surface area contributed by atoms with Crippen LogP contribution in [-0.4, -0.2) is 63.4 Å². The van der Waals surface area contributed by atoms with E-state index in [1.165, 1.54) is 29.7 Å². The lowest BCUT2D eigenvalue weighted by Gasteiger charge is -2.42. The van der Waals surface area contributed by atoms with Gasteiger partial charge in [0.25, 0.3) is 0 Å². The van der Waals surface area contributed by atoms with Gasteiger partial charge >= 0.3 is 0 Å². The van der Waals surface area contributed by atoms with E-state index in [0.717, 1.165) is 69.2 Å². The largest absolute Gasteiger partial charge is 0.394 e. The number of aryl methyl sites for hydroxylation is 3. The first-order chi connectivity index (χ1) is 16.1. The summed E-state index contributed by atoms with van der Waals surface area (Å²) in [6, 6.07) is 7.02. The number of fused-ring (bicyclic) bond motifs is 3. The topological polar surface area (TPSA) is 81.6 Å². The molecule has 4 heterocycles. The van der Waals surface area contributed by atoms with Gasteiger partial charge in [0.1, 0.15) is 0 Å². The van der Waals surface area contributed by atoms with Crippen molar-refractivity contribution < 1.29 is 9.32 Å². The first-order valence-corrected chi connectivity index (χ1v) is 13.7. The van der Waals surface area contributed by atoms with Gasteiger partial charge in [-0.25, -0.2) is 9.97 Å². The Bertz CT molecular complexity index is 1130. The maximum atomic E-state index is 12.5. The molecule has 1 aromatic heterocycles. The van der Waals surface area contributed by atoms with Crippen LogP contribution in [-0.2, 0) is 30.1 Å². The number of aromatic nitrogens is 2. The molecule has 2 aliphatic carbocycles. The molecule has 8 heteroatoms. The molecule has 1 aromatic carbocycles. The number of benzene rings is 1. The fraction of sp³-hybridized carbons (Fsp3) is 0.600. The van der Waals surface area contributed by atoms with Crippen LogP contribution in [0.4, 0.5) is 17.3 Å². The average molecular weight is 466 g/mol. The van der Waals surface area contributed by atoms with Gasteiger partial charge in [0.15, 0.2) is 16.7 Å². The molecule has 33 heavy (non-hydrogen) atoms. The molecule has 2 N–H and O–H groups in total. The van der Waals surface area contributed by atoms with Gasteiger partial charge in [-0.2, -0.15) is 0 Å².